The number of pyridine rings is 2. The average molecular weight is 481 g/mol. The van der Waals surface area contributed by atoms with Gasteiger partial charge < -0.3 is 15.5 Å². The van der Waals surface area contributed by atoms with Gasteiger partial charge in [-0.1, -0.05) is 0 Å². The molecule has 0 fully saturated rings. The van der Waals surface area contributed by atoms with Crippen molar-refractivity contribution in [2.24, 2.45) is 0 Å². The Labute approximate surface area is 187 Å². The monoisotopic (exact) mass is 481 g/mol. The number of halogens is 3. The van der Waals surface area contributed by atoms with Gasteiger partial charge in [-0.3, -0.25) is 10.3 Å². The molecule has 10 nitrogen and oxygen atoms in total. The molecule has 33 heavy (non-hydrogen) atoms. The zero-order chi connectivity index (χ0) is 24.3. The van der Waals surface area contributed by atoms with Crippen molar-refractivity contribution in [1.29, 1.82) is 0 Å². The fourth-order valence-corrected chi connectivity index (χ4v) is 3.68. The Bertz CT molecular complexity index is 1240. The number of carboxylic acids is 2. The molecule has 0 aliphatic carbocycles. The van der Waals surface area contributed by atoms with E-state index in [-0.39, 0.29) is 33.8 Å². The highest BCUT2D eigenvalue weighted by Gasteiger charge is 2.35. The summed E-state index contributed by atoms with van der Waals surface area (Å²) in [5.41, 5.74) is -2.34. The van der Waals surface area contributed by atoms with Gasteiger partial charge in [0.25, 0.3) is 0 Å². The zero-order valence-corrected chi connectivity index (χ0v) is 17.4. The van der Waals surface area contributed by atoms with Gasteiger partial charge in [0.2, 0.25) is 0 Å². The van der Waals surface area contributed by atoms with Crippen molar-refractivity contribution in [3.05, 3.63) is 46.9 Å². The number of thiazole rings is 1. The molecular formula is C19H14F3N5O5S. The van der Waals surface area contributed by atoms with Crippen LogP contribution in [0, 0.1) is 0 Å². The van der Waals surface area contributed by atoms with Crippen molar-refractivity contribution in [3.63, 3.8) is 0 Å². The number of aromatic nitrogens is 3. The third-order valence-electron chi connectivity index (χ3n) is 4.17. The Kier molecular flexibility index (Phi) is 6.57. The molecule has 4 N–H and O–H groups in total. The molecule has 0 aliphatic rings. The lowest BCUT2D eigenvalue weighted by molar-refractivity contribution is -0.140. The van der Waals surface area contributed by atoms with Crippen molar-refractivity contribution in [3.8, 4) is 21.7 Å². The number of carbonyl (C=O) groups is 3. The van der Waals surface area contributed by atoms with E-state index >= 15 is 0 Å². The topological polar surface area (TPSA) is 154 Å². The predicted octanol–water partition coefficient (Wildman–Crippen LogP) is 3.82. The maximum absolute atomic E-state index is 13.2. The van der Waals surface area contributed by atoms with E-state index in [9.17, 15) is 37.8 Å². The first-order valence-electron chi connectivity index (χ1n) is 9.05. The maximum atomic E-state index is 13.2. The van der Waals surface area contributed by atoms with E-state index in [1.54, 1.807) is 6.92 Å². The minimum Gasteiger partial charge on any atom is -0.478 e. The molecule has 3 aromatic heterocycles. The fraction of sp³-hybridized carbons (Fsp3) is 0.158. The number of alkyl halides is 3. The summed E-state index contributed by atoms with van der Waals surface area (Å²) in [6.45, 7) is 1.84. The van der Waals surface area contributed by atoms with Crippen LogP contribution in [0.15, 0.2) is 30.0 Å². The molecule has 0 saturated heterocycles. The second-order valence-corrected chi connectivity index (χ2v) is 7.22. The number of anilines is 1. The van der Waals surface area contributed by atoms with Crippen molar-refractivity contribution < 1.29 is 37.8 Å². The number of aromatic carboxylic acids is 2. The van der Waals surface area contributed by atoms with Crippen molar-refractivity contribution in [2.45, 2.75) is 13.1 Å². The number of carboxylic acid groups (broad SMARTS) is 2. The van der Waals surface area contributed by atoms with E-state index in [4.69, 9.17) is 0 Å². The van der Waals surface area contributed by atoms with Crippen LogP contribution in [0.25, 0.3) is 21.7 Å². The average Bonchev–Trinajstić information content (AvgIpc) is 3.24. The summed E-state index contributed by atoms with van der Waals surface area (Å²) >= 11 is 0.531. The summed E-state index contributed by atoms with van der Waals surface area (Å²) in [5, 5.41) is 24.1. The number of hydrogen-bond acceptors (Lipinski definition) is 7. The van der Waals surface area contributed by atoms with E-state index in [1.165, 1.54) is 6.20 Å². The van der Waals surface area contributed by atoms with Crippen LogP contribution < -0.4 is 10.6 Å². The zero-order valence-electron chi connectivity index (χ0n) is 16.6. The fourth-order valence-electron chi connectivity index (χ4n) is 2.79. The second kappa shape index (κ2) is 9.20. The molecule has 0 aliphatic heterocycles. The highest BCUT2D eigenvalue weighted by molar-refractivity contribution is 7.13. The highest BCUT2D eigenvalue weighted by Crippen LogP contribution is 2.41. The van der Waals surface area contributed by atoms with Gasteiger partial charge in [0.1, 0.15) is 16.4 Å². The van der Waals surface area contributed by atoms with Crippen LogP contribution in [0.1, 0.15) is 33.3 Å². The number of nitrogens with zero attached hydrogens (tertiary/aromatic N) is 3. The Morgan fingerprint density at radius 2 is 1.85 bits per heavy atom. The van der Waals surface area contributed by atoms with Crippen LogP contribution in [-0.2, 0) is 6.18 Å². The molecule has 172 valence electrons. The summed E-state index contributed by atoms with van der Waals surface area (Å²) in [4.78, 5) is 46.7. The standard InChI is InChI=1S/C19H14F3N5O5S/c1-2-24-18(32)27-14-13(17(30)31)12(15-26-11(7-33-15)19(20,21)22)10(6-25-14)8-3-9(16(28)29)5-23-4-8/h3-7H,2H2,1H3,(H,28,29)(H,30,31)(H2,24,25,27,32). The summed E-state index contributed by atoms with van der Waals surface area (Å²) in [6, 6.07) is 0.382. The van der Waals surface area contributed by atoms with Gasteiger partial charge in [0.05, 0.1) is 5.56 Å². The van der Waals surface area contributed by atoms with Gasteiger partial charge in [-0.2, -0.15) is 13.2 Å². The van der Waals surface area contributed by atoms with E-state index in [0.717, 1.165) is 18.5 Å². The van der Waals surface area contributed by atoms with E-state index in [1.807, 2.05) is 0 Å². The number of nitrogens with one attached hydrogen (secondary N) is 2. The van der Waals surface area contributed by atoms with Gasteiger partial charge >= 0.3 is 24.1 Å². The molecule has 0 spiro atoms. The van der Waals surface area contributed by atoms with Gasteiger partial charge in [0.15, 0.2) is 5.69 Å². The lowest BCUT2D eigenvalue weighted by atomic mass is 9.97. The predicted molar refractivity (Wildman–Crippen MR) is 110 cm³/mol. The second-order valence-electron chi connectivity index (χ2n) is 6.36. The quantitative estimate of drug-likeness (QED) is 0.414. The van der Waals surface area contributed by atoms with E-state index in [0.29, 0.717) is 16.7 Å². The first-order valence-corrected chi connectivity index (χ1v) is 9.93. The van der Waals surface area contributed by atoms with Gasteiger partial charge in [-0.15, -0.1) is 11.3 Å². The first-order chi connectivity index (χ1) is 15.5. The number of amides is 2. The summed E-state index contributed by atoms with van der Waals surface area (Å²) < 4.78 is 39.5. The molecular weight excluding hydrogens is 467 g/mol. The Morgan fingerprint density at radius 3 is 2.42 bits per heavy atom. The third-order valence-corrected chi connectivity index (χ3v) is 5.03. The third kappa shape index (κ3) is 5.06. The molecule has 0 unspecified atom stereocenters. The normalized spacial score (nSPS) is 11.2. The Morgan fingerprint density at radius 1 is 1.12 bits per heavy atom. The van der Waals surface area contributed by atoms with Gasteiger partial charge in [0, 0.05) is 47.2 Å². The van der Waals surface area contributed by atoms with Crippen LogP contribution >= 0.6 is 11.3 Å². The van der Waals surface area contributed by atoms with Crippen LogP contribution in [0.4, 0.5) is 23.8 Å². The lowest BCUT2D eigenvalue weighted by Crippen LogP contribution is -2.29. The van der Waals surface area contributed by atoms with Crippen LogP contribution in [-0.4, -0.2) is 49.7 Å². The molecule has 2 amide bonds. The van der Waals surface area contributed by atoms with Crippen molar-refractivity contribution >= 4 is 35.1 Å². The molecule has 0 saturated carbocycles. The molecule has 14 heteroatoms. The Balaban J connectivity index is 2.32. The van der Waals surface area contributed by atoms with Gasteiger partial charge in [-0.05, 0) is 13.0 Å². The molecule has 3 heterocycles. The van der Waals surface area contributed by atoms with E-state index in [2.05, 4.69) is 25.6 Å². The van der Waals surface area contributed by atoms with Crippen LogP contribution in [0.3, 0.4) is 0 Å². The minimum absolute atomic E-state index is 0.0347. The summed E-state index contributed by atoms with van der Waals surface area (Å²) in [5.74, 6) is -3.35. The maximum Gasteiger partial charge on any atom is 0.434 e. The minimum atomic E-state index is -4.78. The summed E-state index contributed by atoms with van der Waals surface area (Å²) in [6.07, 6.45) is -1.43. The Hall–Kier alpha value is -4.07. The molecule has 0 bridgehead atoms. The lowest BCUT2D eigenvalue weighted by Gasteiger charge is -2.15. The molecule has 0 radical (unpaired) electrons. The van der Waals surface area contributed by atoms with Gasteiger partial charge in [-0.25, -0.2) is 24.4 Å². The molecule has 0 atom stereocenters. The largest absolute Gasteiger partial charge is 0.478 e. The number of urea groups is 1. The number of carbonyl (C=O) groups excluding carboxylic acids is 1. The molecule has 3 aromatic rings. The highest BCUT2D eigenvalue weighted by atomic mass is 32.1. The number of rotatable bonds is 6. The van der Waals surface area contributed by atoms with Crippen LogP contribution in [0.5, 0.6) is 0 Å². The molecule has 3 rings (SSSR count). The molecule has 0 aromatic carbocycles. The van der Waals surface area contributed by atoms with E-state index < -0.39 is 41.2 Å². The number of hydrogen-bond donors (Lipinski definition) is 4. The van der Waals surface area contributed by atoms with Crippen molar-refractivity contribution in [2.75, 3.05) is 11.9 Å². The van der Waals surface area contributed by atoms with Crippen molar-refractivity contribution in [1.82, 2.24) is 20.3 Å². The van der Waals surface area contributed by atoms with Crippen LogP contribution in [0.2, 0.25) is 0 Å². The first kappa shape index (κ1) is 23.6. The summed E-state index contributed by atoms with van der Waals surface area (Å²) in [7, 11) is 0. The smallest absolute Gasteiger partial charge is 0.434 e. The SMILES string of the molecule is CCNC(=O)Nc1ncc(-c2cncc(C(=O)O)c2)c(-c2nc(C(F)(F)F)cs2)c1C(=O)O.